The second kappa shape index (κ2) is 4.46. The highest BCUT2D eigenvalue weighted by Crippen LogP contribution is 2.18. The van der Waals surface area contributed by atoms with Crippen LogP contribution in [0.3, 0.4) is 0 Å². The molecule has 1 rings (SSSR count). The molecule has 0 aromatic rings. The molecule has 0 radical (unpaired) electrons. The average Bonchev–Trinajstić information content (AvgIpc) is 2.47. The van der Waals surface area contributed by atoms with Gasteiger partial charge in [0.25, 0.3) is 0 Å². The molecule has 0 aromatic heterocycles. The van der Waals surface area contributed by atoms with Crippen molar-refractivity contribution in [1.82, 2.24) is 4.90 Å². The smallest absolute Gasteiger partial charge is 0.310 e. The van der Waals surface area contributed by atoms with Gasteiger partial charge in [0.2, 0.25) is 5.91 Å². The van der Waals surface area contributed by atoms with Crippen LogP contribution in [-0.4, -0.2) is 42.9 Å². The fourth-order valence-electron chi connectivity index (χ4n) is 1.41. The van der Waals surface area contributed by atoms with Crippen LogP contribution >= 0.6 is 11.6 Å². The molecule has 0 spiro atoms. The molecule has 1 saturated heterocycles. The van der Waals surface area contributed by atoms with Gasteiger partial charge in [0.15, 0.2) is 0 Å². The van der Waals surface area contributed by atoms with Crippen molar-refractivity contribution in [3.8, 4) is 0 Å². The zero-order valence-corrected chi connectivity index (χ0v) is 8.21. The lowest BCUT2D eigenvalue weighted by Gasteiger charge is -2.13. The summed E-state index contributed by atoms with van der Waals surface area (Å²) in [5, 5.41) is 0. The molecule has 1 heterocycles. The van der Waals surface area contributed by atoms with E-state index in [1.165, 1.54) is 7.11 Å². The predicted octanol–water partition coefficient (Wildman–Crippen LogP) is 0.247. The molecule has 74 valence electrons. The molecule has 0 saturated carbocycles. The molecule has 13 heavy (non-hydrogen) atoms. The number of carbonyl (C=O) groups is 2. The van der Waals surface area contributed by atoms with Crippen LogP contribution < -0.4 is 0 Å². The summed E-state index contributed by atoms with van der Waals surface area (Å²) < 4.78 is 4.56. The van der Waals surface area contributed by atoms with Gasteiger partial charge in [-0.25, -0.2) is 0 Å². The number of esters is 1. The van der Waals surface area contributed by atoms with Crippen LogP contribution in [0.25, 0.3) is 0 Å². The van der Waals surface area contributed by atoms with Gasteiger partial charge < -0.3 is 9.64 Å². The highest BCUT2D eigenvalue weighted by atomic mass is 35.5. The lowest BCUT2D eigenvalue weighted by Crippen LogP contribution is -2.28. The summed E-state index contributed by atoms with van der Waals surface area (Å²) in [5.41, 5.74) is 0. The van der Waals surface area contributed by atoms with Crippen LogP contribution in [0, 0.1) is 5.92 Å². The minimum absolute atomic E-state index is 0.0175. The minimum atomic E-state index is -0.314. The molecule has 1 atom stereocenters. The van der Waals surface area contributed by atoms with Gasteiger partial charge in [-0.15, -0.1) is 11.6 Å². The fraction of sp³-hybridized carbons (Fsp3) is 0.750. The van der Waals surface area contributed by atoms with Gasteiger partial charge in [0.05, 0.1) is 13.0 Å². The number of alkyl halides is 1. The van der Waals surface area contributed by atoms with E-state index >= 15 is 0 Å². The maximum Gasteiger partial charge on any atom is 0.310 e. The highest BCUT2D eigenvalue weighted by Gasteiger charge is 2.34. The lowest BCUT2D eigenvalue weighted by atomic mass is 10.1. The molecule has 1 unspecified atom stereocenters. The van der Waals surface area contributed by atoms with Crippen molar-refractivity contribution in [1.29, 1.82) is 0 Å². The first kappa shape index (κ1) is 10.3. The van der Waals surface area contributed by atoms with E-state index < -0.39 is 0 Å². The first-order valence-electron chi connectivity index (χ1n) is 4.10. The van der Waals surface area contributed by atoms with Crippen molar-refractivity contribution >= 4 is 23.5 Å². The van der Waals surface area contributed by atoms with Gasteiger partial charge in [-0.05, 0) is 0 Å². The first-order valence-corrected chi connectivity index (χ1v) is 4.64. The van der Waals surface area contributed by atoms with Gasteiger partial charge in [-0.1, -0.05) is 0 Å². The minimum Gasteiger partial charge on any atom is -0.469 e. The molecule has 1 amide bonds. The van der Waals surface area contributed by atoms with E-state index in [2.05, 4.69) is 4.74 Å². The van der Waals surface area contributed by atoms with Crippen molar-refractivity contribution in [3.05, 3.63) is 0 Å². The van der Waals surface area contributed by atoms with E-state index in [0.29, 0.717) is 19.0 Å². The second-order valence-electron chi connectivity index (χ2n) is 2.95. The Morgan fingerprint density at radius 3 is 3.00 bits per heavy atom. The molecule has 5 heteroatoms. The quantitative estimate of drug-likeness (QED) is 0.490. The fourth-order valence-corrected chi connectivity index (χ4v) is 1.62. The Bertz CT molecular complexity index is 219. The number of nitrogens with zero attached hydrogens (tertiary/aromatic N) is 1. The SMILES string of the molecule is COC(=O)C1CC(=O)N(CCCl)C1. The molecular formula is C8H12ClNO3. The zero-order valence-electron chi connectivity index (χ0n) is 7.46. The standard InChI is InChI=1S/C8H12ClNO3/c1-13-8(12)6-4-7(11)10(5-6)3-2-9/h6H,2-5H2,1H3. The zero-order chi connectivity index (χ0) is 9.84. The molecule has 0 N–H and O–H groups in total. The summed E-state index contributed by atoms with van der Waals surface area (Å²) in [6, 6.07) is 0. The van der Waals surface area contributed by atoms with Crippen LogP contribution in [0.2, 0.25) is 0 Å². The van der Waals surface area contributed by atoms with E-state index in [-0.39, 0.29) is 24.2 Å². The Labute approximate surface area is 81.8 Å². The number of hydrogen-bond donors (Lipinski definition) is 0. The Morgan fingerprint density at radius 2 is 2.46 bits per heavy atom. The third-order valence-corrected chi connectivity index (χ3v) is 2.27. The molecule has 0 aliphatic carbocycles. The van der Waals surface area contributed by atoms with Crippen LogP contribution in [0.5, 0.6) is 0 Å². The Hall–Kier alpha value is -0.770. The summed E-state index contributed by atoms with van der Waals surface area (Å²) in [7, 11) is 1.33. The normalized spacial score (nSPS) is 22.2. The molecule has 4 nitrogen and oxygen atoms in total. The van der Waals surface area contributed by atoms with E-state index in [0.717, 1.165) is 0 Å². The van der Waals surface area contributed by atoms with Gasteiger partial charge >= 0.3 is 5.97 Å². The maximum atomic E-state index is 11.3. The summed E-state index contributed by atoms with van der Waals surface area (Å²) in [4.78, 5) is 23.9. The van der Waals surface area contributed by atoms with E-state index in [4.69, 9.17) is 11.6 Å². The summed E-state index contributed by atoms with van der Waals surface area (Å²) in [6.07, 6.45) is 0.254. The molecular weight excluding hydrogens is 194 g/mol. The third kappa shape index (κ3) is 2.34. The lowest BCUT2D eigenvalue weighted by molar-refractivity contribution is -0.145. The number of carbonyl (C=O) groups excluding carboxylic acids is 2. The number of ether oxygens (including phenoxy) is 1. The monoisotopic (exact) mass is 205 g/mol. The van der Waals surface area contributed by atoms with Crippen molar-refractivity contribution in [3.63, 3.8) is 0 Å². The maximum absolute atomic E-state index is 11.3. The van der Waals surface area contributed by atoms with Crippen LogP contribution in [-0.2, 0) is 14.3 Å². The third-order valence-electron chi connectivity index (χ3n) is 2.10. The average molecular weight is 206 g/mol. The van der Waals surface area contributed by atoms with Crippen molar-refractivity contribution in [2.24, 2.45) is 5.92 Å². The van der Waals surface area contributed by atoms with E-state index in [1.807, 2.05) is 0 Å². The number of likely N-dealkylation sites (tertiary alicyclic amines) is 1. The number of halogens is 1. The largest absolute Gasteiger partial charge is 0.469 e. The Kier molecular flexibility index (Phi) is 3.54. The summed E-state index contributed by atoms with van der Waals surface area (Å²) in [5.74, 6) is -0.234. The van der Waals surface area contributed by atoms with E-state index in [9.17, 15) is 9.59 Å². The topological polar surface area (TPSA) is 46.6 Å². The summed E-state index contributed by atoms with van der Waals surface area (Å²) in [6.45, 7) is 0.951. The number of hydrogen-bond acceptors (Lipinski definition) is 3. The van der Waals surface area contributed by atoms with Gasteiger partial charge in [-0.3, -0.25) is 9.59 Å². The van der Waals surface area contributed by atoms with Gasteiger partial charge in [-0.2, -0.15) is 0 Å². The summed E-state index contributed by atoms with van der Waals surface area (Å²) >= 11 is 5.50. The first-order chi connectivity index (χ1) is 6.19. The Balaban J connectivity index is 2.49. The van der Waals surface area contributed by atoms with Crippen LogP contribution in [0.15, 0.2) is 0 Å². The van der Waals surface area contributed by atoms with Crippen molar-refractivity contribution in [2.45, 2.75) is 6.42 Å². The molecule has 1 aliphatic rings. The molecule has 1 fully saturated rings. The highest BCUT2D eigenvalue weighted by molar-refractivity contribution is 6.18. The molecule has 0 bridgehead atoms. The van der Waals surface area contributed by atoms with E-state index in [1.54, 1.807) is 4.90 Å². The Morgan fingerprint density at radius 1 is 1.77 bits per heavy atom. The van der Waals surface area contributed by atoms with Crippen molar-refractivity contribution < 1.29 is 14.3 Å². The molecule has 0 aromatic carbocycles. The number of rotatable bonds is 3. The number of amides is 1. The van der Waals surface area contributed by atoms with Crippen molar-refractivity contribution in [2.75, 3.05) is 26.1 Å². The van der Waals surface area contributed by atoms with Crippen LogP contribution in [0.1, 0.15) is 6.42 Å². The number of methoxy groups -OCH3 is 1. The van der Waals surface area contributed by atoms with Crippen LogP contribution in [0.4, 0.5) is 0 Å². The predicted molar refractivity (Wildman–Crippen MR) is 47.4 cm³/mol. The van der Waals surface area contributed by atoms with Gasteiger partial charge in [0, 0.05) is 25.4 Å². The van der Waals surface area contributed by atoms with Gasteiger partial charge in [0.1, 0.15) is 0 Å². The second-order valence-corrected chi connectivity index (χ2v) is 3.33. The molecule has 1 aliphatic heterocycles.